The van der Waals surface area contributed by atoms with Crippen molar-refractivity contribution in [1.82, 2.24) is 4.90 Å². The Hall–Kier alpha value is -1.81. The fourth-order valence-electron chi connectivity index (χ4n) is 1.81. The van der Waals surface area contributed by atoms with E-state index in [-0.39, 0.29) is 5.91 Å². The van der Waals surface area contributed by atoms with E-state index in [0.717, 1.165) is 11.3 Å². The Kier molecular flexibility index (Phi) is 4.22. The minimum Gasteiger partial charge on any atom is -0.399 e. The number of likely N-dealkylation sites (N-methyl/N-ethyl adjacent to an activating group) is 1. The summed E-state index contributed by atoms with van der Waals surface area (Å²) in [5.74, 6) is 0.123. The number of nitrogen functional groups attached to an aromatic ring is 1. The molecule has 2 aromatic rings. The SMILES string of the molecule is Cc1ccsc1CN(C)C(=O)Cc1ccc(N)cc1. The summed E-state index contributed by atoms with van der Waals surface area (Å²) >= 11 is 1.69. The van der Waals surface area contributed by atoms with E-state index in [1.54, 1.807) is 16.2 Å². The van der Waals surface area contributed by atoms with Gasteiger partial charge < -0.3 is 10.6 Å². The number of nitrogens with zero attached hydrogens (tertiary/aromatic N) is 1. The van der Waals surface area contributed by atoms with E-state index >= 15 is 0 Å². The van der Waals surface area contributed by atoms with Crippen molar-refractivity contribution in [2.75, 3.05) is 12.8 Å². The third-order valence-electron chi connectivity index (χ3n) is 3.11. The van der Waals surface area contributed by atoms with Crippen molar-refractivity contribution in [2.24, 2.45) is 0 Å². The second kappa shape index (κ2) is 5.89. The van der Waals surface area contributed by atoms with Crippen LogP contribution in [-0.4, -0.2) is 17.9 Å². The fourth-order valence-corrected chi connectivity index (χ4v) is 2.77. The van der Waals surface area contributed by atoms with Crippen LogP contribution in [0.4, 0.5) is 5.69 Å². The van der Waals surface area contributed by atoms with Crippen molar-refractivity contribution in [3.8, 4) is 0 Å². The van der Waals surface area contributed by atoms with Crippen molar-refractivity contribution in [1.29, 1.82) is 0 Å². The zero-order valence-electron chi connectivity index (χ0n) is 11.2. The normalized spacial score (nSPS) is 10.4. The molecule has 0 spiro atoms. The molecule has 0 aliphatic carbocycles. The molecule has 0 saturated carbocycles. The molecule has 0 unspecified atom stereocenters. The van der Waals surface area contributed by atoms with Gasteiger partial charge in [0.05, 0.1) is 13.0 Å². The van der Waals surface area contributed by atoms with E-state index in [1.807, 2.05) is 31.3 Å². The molecule has 3 nitrogen and oxygen atoms in total. The van der Waals surface area contributed by atoms with Gasteiger partial charge in [-0.15, -0.1) is 11.3 Å². The van der Waals surface area contributed by atoms with Gasteiger partial charge in [-0.05, 0) is 41.6 Å². The molecule has 2 rings (SSSR count). The molecule has 0 atom stereocenters. The number of anilines is 1. The molecule has 0 bridgehead atoms. The molecular weight excluding hydrogens is 256 g/mol. The maximum Gasteiger partial charge on any atom is 0.227 e. The quantitative estimate of drug-likeness (QED) is 0.871. The highest BCUT2D eigenvalue weighted by molar-refractivity contribution is 7.10. The van der Waals surface area contributed by atoms with Crippen LogP contribution in [0.15, 0.2) is 35.7 Å². The largest absolute Gasteiger partial charge is 0.399 e. The topological polar surface area (TPSA) is 46.3 Å². The molecule has 1 aromatic carbocycles. The van der Waals surface area contributed by atoms with Gasteiger partial charge in [0, 0.05) is 17.6 Å². The molecular formula is C15H18N2OS. The summed E-state index contributed by atoms with van der Waals surface area (Å²) in [6, 6.07) is 9.53. The number of hydrogen-bond acceptors (Lipinski definition) is 3. The third kappa shape index (κ3) is 3.58. The minimum atomic E-state index is 0.123. The highest BCUT2D eigenvalue weighted by atomic mass is 32.1. The van der Waals surface area contributed by atoms with Crippen LogP contribution >= 0.6 is 11.3 Å². The summed E-state index contributed by atoms with van der Waals surface area (Å²) in [5, 5.41) is 2.06. The Balaban J connectivity index is 1.96. The summed E-state index contributed by atoms with van der Waals surface area (Å²) in [6.07, 6.45) is 0.418. The highest BCUT2D eigenvalue weighted by Gasteiger charge is 2.11. The van der Waals surface area contributed by atoms with Gasteiger partial charge in [0.15, 0.2) is 0 Å². The van der Waals surface area contributed by atoms with Gasteiger partial charge in [-0.2, -0.15) is 0 Å². The van der Waals surface area contributed by atoms with Crippen LogP contribution in [-0.2, 0) is 17.8 Å². The lowest BCUT2D eigenvalue weighted by molar-refractivity contribution is -0.129. The van der Waals surface area contributed by atoms with Crippen molar-refractivity contribution in [2.45, 2.75) is 19.9 Å². The highest BCUT2D eigenvalue weighted by Crippen LogP contribution is 2.17. The van der Waals surface area contributed by atoms with E-state index < -0.39 is 0 Å². The fraction of sp³-hybridized carbons (Fsp3) is 0.267. The van der Waals surface area contributed by atoms with E-state index in [0.29, 0.717) is 13.0 Å². The number of rotatable bonds is 4. The Labute approximate surface area is 117 Å². The monoisotopic (exact) mass is 274 g/mol. The number of thiophene rings is 1. The lowest BCUT2D eigenvalue weighted by Gasteiger charge is -2.17. The Morgan fingerprint density at radius 3 is 2.53 bits per heavy atom. The molecule has 100 valence electrons. The van der Waals surface area contributed by atoms with Crippen LogP contribution in [0.3, 0.4) is 0 Å². The summed E-state index contributed by atoms with van der Waals surface area (Å²) in [4.78, 5) is 15.2. The predicted octanol–water partition coefficient (Wildman–Crippen LogP) is 2.84. The molecule has 0 aliphatic rings. The van der Waals surface area contributed by atoms with Gasteiger partial charge in [0.25, 0.3) is 0 Å². The number of hydrogen-bond donors (Lipinski definition) is 1. The smallest absolute Gasteiger partial charge is 0.227 e. The molecule has 0 radical (unpaired) electrons. The number of amides is 1. The molecule has 1 aromatic heterocycles. The summed E-state index contributed by atoms with van der Waals surface area (Å²) < 4.78 is 0. The Morgan fingerprint density at radius 2 is 1.95 bits per heavy atom. The first kappa shape index (κ1) is 13.6. The predicted molar refractivity (Wildman–Crippen MR) is 80.1 cm³/mol. The lowest BCUT2D eigenvalue weighted by Crippen LogP contribution is -2.27. The van der Waals surface area contributed by atoms with E-state index in [4.69, 9.17) is 5.73 Å². The number of benzene rings is 1. The first-order chi connectivity index (χ1) is 9.06. The van der Waals surface area contributed by atoms with Crippen molar-refractivity contribution in [3.05, 3.63) is 51.7 Å². The number of carbonyl (C=O) groups is 1. The van der Waals surface area contributed by atoms with Crippen molar-refractivity contribution >= 4 is 22.9 Å². The van der Waals surface area contributed by atoms with Gasteiger partial charge >= 0.3 is 0 Å². The molecule has 2 N–H and O–H groups in total. The van der Waals surface area contributed by atoms with E-state index in [1.165, 1.54) is 10.4 Å². The zero-order chi connectivity index (χ0) is 13.8. The van der Waals surface area contributed by atoms with Gasteiger partial charge in [0.2, 0.25) is 5.91 Å². The van der Waals surface area contributed by atoms with E-state index in [9.17, 15) is 4.79 Å². The number of aryl methyl sites for hydroxylation is 1. The molecule has 4 heteroatoms. The Morgan fingerprint density at radius 1 is 1.26 bits per heavy atom. The van der Waals surface area contributed by atoms with E-state index in [2.05, 4.69) is 18.4 Å². The first-order valence-corrected chi connectivity index (χ1v) is 7.05. The van der Waals surface area contributed by atoms with Crippen molar-refractivity contribution < 1.29 is 4.79 Å². The van der Waals surface area contributed by atoms with Crippen LogP contribution in [0.1, 0.15) is 16.0 Å². The van der Waals surface area contributed by atoms with Gasteiger partial charge in [-0.1, -0.05) is 12.1 Å². The maximum absolute atomic E-state index is 12.1. The van der Waals surface area contributed by atoms with Crippen LogP contribution in [0.25, 0.3) is 0 Å². The Bertz CT molecular complexity index is 560. The average Bonchev–Trinajstić information content (AvgIpc) is 2.78. The molecule has 0 saturated heterocycles. The van der Waals surface area contributed by atoms with Crippen LogP contribution in [0, 0.1) is 6.92 Å². The lowest BCUT2D eigenvalue weighted by atomic mass is 10.1. The van der Waals surface area contributed by atoms with Crippen LogP contribution in [0.2, 0.25) is 0 Å². The minimum absolute atomic E-state index is 0.123. The van der Waals surface area contributed by atoms with Gasteiger partial charge in [-0.3, -0.25) is 4.79 Å². The molecule has 0 fully saturated rings. The number of nitrogens with two attached hydrogens (primary N) is 1. The standard InChI is InChI=1S/C15H18N2OS/c1-11-7-8-19-14(11)10-17(2)15(18)9-12-3-5-13(16)6-4-12/h3-8H,9-10,16H2,1-2H3. The number of carbonyl (C=O) groups excluding carboxylic acids is 1. The zero-order valence-corrected chi connectivity index (χ0v) is 12.0. The summed E-state index contributed by atoms with van der Waals surface area (Å²) in [6.45, 7) is 2.75. The molecule has 19 heavy (non-hydrogen) atoms. The molecule has 1 amide bonds. The van der Waals surface area contributed by atoms with Gasteiger partial charge in [-0.25, -0.2) is 0 Å². The van der Waals surface area contributed by atoms with Crippen molar-refractivity contribution in [3.63, 3.8) is 0 Å². The summed E-state index contributed by atoms with van der Waals surface area (Å²) in [7, 11) is 1.85. The van der Waals surface area contributed by atoms with Crippen LogP contribution in [0.5, 0.6) is 0 Å². The second-order valence-electron chi connectivity index (χ2n) is 4.69. The van der Waals surface area contributed by atoms with Gasteiger partial charge in [0.1, 0.15) is 0 Å². The average molecular weight is 274 g/mol. The third-order valence-corrected chi connectivity index (χ3v) is 4.12. The first-order valence-electron chi connectivity index (χ1n) is 6.17. The van der Waals surface area contributed by atoms with Crippen LogP contribution < -0.4 is 5.73 Å². The summed E-state index contributed by atoms with van der Waals surface area (Å²) in [5.41, 5.74) is 8.59. The second-order valence-corrected chi connectivity index (χ2v) is 5.70. The maximum atomic E-state index is 12.1. The molecule has 1 heterocycles. The molecule has 0 aliphatic heterocycles.